The number of pyridine rings is 1. The van der Waals surface area contributed by atoms with E-state index in [1.165, 1.54) is 25.7 Å². The van der Waals surface area contributed by atoms with E-state index >= 15 is 0 Å². The van der Waals surface area contributed by atoms with Gasteiger partial charge < -0.3 is 14.2 Å². The average molecular weight is 466 g/mol. The molecule has 3 heterocycles. The van der Waals surface area contributed by atoms with Crippen molar-refractivity contribution in [2.75, 3.05) is 14.2 Å². The first-order valence-electron chi connectivity index (χ1n) is 11.2. The Morgan fingerprint density at radius 2 is 1.82 bits per heavy atom. The number of hydrogen-bond donors (Lipinski definition) is 0. The fourth-order valence-corrected chi connectivity index (χ4v) is 3.58. The molecule has 0 amide bonds. The van der Waals surface area contributed by atoms with E-state index in [1.54, 1.807) is 13.3 Å². The van der Waals surface area contributed by atoms with Crippen molar-refractivity contribution in [2.45, 2.75) is 52.6 Å². The second-order valence-corrected chi connectivity index (χ2v) is 8.21. The second kappa shape index (κ2) is 10.1. The van der Waals surface area contributed by atoms with Crippen LogP contribution >= 0.6 is 0 Å². The molecule has 1 saturated carbocycles. The molecule has 0 atom stereocenters. The Hall–Kier alpha value is -3.62. The molecule has 0 spiro atoms. The van der Waals surface area contributed by atoms with E-state index in [1.807, 2.05) is 20.8 Å². The predicted octanol–water partition coefficient (Wildman–Crippen LogP) is 5.14. The van der Waals surface area contributed by atoms with Crippen LogP contribution in [0.3, 0.4) is 0 Å². The minimum atomic E-state index is -0.387. The number of nitrogens with zero attached hydrogens (tertiary/aromatic N) is 5. The van der Waals surface area contributed by atoms with Gasteiger partial charge in [0.05, 0.1) is 26.1 Å². The molecule has 4 rings (SSSR count). The van der Waals surface area contributed by atoms with Gasteiger partial charge in [-0.2, -0.15) is 4.98 Å². The summed E-state index contributed by atoms with van der Waals surface area (Å²) in [6.45, 7) is 5.95. The van der Waals surface area contributed by atoms with Crippen LogP contribution in [0.1, 0.15) is 62.9 Å². The normalized spacial score (nSPS) is 13.9. The topological polar surface area (TPSA) is 92.1 Å². The molecule has 3 aromatic heterocycles. The molecule has 1 fully saturated rings. The van der Waals surface area contributed by atoms with Crippen molar-refractivity contribution in [3.8, 4) is 28.9 Å². The zero-order chi connectivity index (χ0) is 24.2. The van der Waals surface area contributed by atoms with Crippen LogP contribution in [-0.4, -0.2) is 39.1 Å². The lowest BCUT2D eigenvalue weighted by molar-refractivity contribution is 0.271. The molecule has 1 aliphatic carbocycles. The van der Waals surface area contributed by atoms with Crippen molar-refractivity contribution in [3.63, 3.8) is 0 Å². The van der Waals surface area contributed by atoms with Crippen LogP contribution in [0.2, 0.25) is 0 Å². The Morgan fingerprint density at radius 1 is 1.03 bits per heavy atom. The van der Waals surface area contributed by atoms with Crippen LogP contribution in [0, 0.1) is 5.82 Å². The van der Waals surface area contributed by atoms with Crippen molar-refractivity contribution in [2.24, 2.45) is 0 Å². The van der Waals surface area contributed by atoms with E-state index in [9.17, 15) is 4.39 Å². The Morgan fingerprint density at radius 3 is 2.47 bits per heavy atom. The summed E-state index contributed by atoms with van der Waals surface area (Å²) in [5.74, 6) is 1.31. The minimum Gasteiger partial charge on any atom is -0.490 e. The fraction of sp³-hybridized carbons (Fsp3) is 0.400. The molecular weight excluding hydrogens is 437 g/mol. The largest absolute Gasteiger partial charge is 0.490 e. The van der Waals surface area contributed by atoms with E-state index in [0.29, 0.717) is 40.2 Å². The Labute approximate surface area is 198 Å². The van der Waals surface area contributed by atoms with Crippen molar-refractivity contribution in [1.82, 2.24) is 24.9 Å². The summed E-state index contributed by atoms with van der Waals surface area (Å²) < 4.78 is 31.5. The summed E-state index contributed by atoms with van der Waals surface area (Å²) in [4.78, 5) is 22.0. The lowest BCUT2D eigenvalue weighted by Crippen LogP contribution is -2.06. The third-order valence-electron chi connectivity index (χ3n) is 5.96. The first-order valence-corrected chi connectivity index (χ1v) is 11.2. The standard InChI is InChI=1S/C25H28FN5O3/c1-6-14(2)15(3)21-18(26)9-16(10-27-21)12-34-24-19(32-4)11-28-23(31-24)20-22(17-7-8-17)29-13-30-25(20)33-5/h9-11,13,17H,6-8,12H2,1-5H3. The molecule has 8 nitrogen and oxygen atoms in total. The van der Waals surface area contributed by atoms with Crippen molar-refractivity contribution in [3.05, 3.63) is 53.1 Å². The van der Waals surface area contributed by atoms with E-state index in [0.717, 1.165) is 36.1 Å². The minimum absolute atomic E-state index is 0.0600. The van der Waals surface area contributed by atoms with Gasteiger partial charge in [0.25, 0.3) is 5.88 Å². The molecule has 178 valence electrons. The zero-order valence-corrected chi connectivity index (χ0v) is 20.1. The molecule has 0 aliphatic heterocycles. The predicted molar refractivity (Wildman–Crippen MR) is 125 cm³/mol. The molecule has 0 bridgehead atoms. The summed E-state index contributed by atoms with van der Waals surface area (Å²) in [6, 6.07) is 1.43. The number of hydrogen-bond acceptors (Lipinski definition) is 8. The van der Waals surface area contributed by atoms with Crippen molar-refractivity contribution < 1.29 is 18.6 Å². The average Bonchev–Trinajstić information content (AvgIpc) is 3.71. The van der Waals surface area contributed by atoms with E-state index in [4.69, 9.17) is 14.2 Å². The lowest BCUT2D eigenvalue weighted by Gasteiger charge is -2.14. The van der Waals surface area contributed by atoms with Crippen LogP contribution in [-0.2, 0) is 6.61 Å². The van der Waals surface area contributed by atoms with E-state index in [2.05, 4.69) is 24.9 Å². The number of allylic oxidation sites excluding steroid dienone is 2. The SMILES string of the molecule is CCC(C)=C(C)c1ncc(COc2nc(-c3c(OC)ncnc3C3CC3)ncc2OC)cc1F. The Bertz CT molecular complexity index is 1230. The van der Waals surface area contributed by atoms with Gasteiger partial charge in [0.15, 0.2) is 11.6 Å². The van der Waals surface area contributed by atoms with Gasteiger partial charge in [0, 0.05) is 17.7 Å². The summed E-state index contributed by atoms with van der Waals surface area (Å²) in [5.41, 5.74) is 4.37. The van der Waals surface area contributed by atoms with Gasteiger partial charge in [-0.25, -0.2) is 19.3 Å². The van der Waals surface area contributed by atoms with Gasteiger partial charge in [-0.05, 0) is 44.7 Å². The highest BCUT2D eigenvalue weighted by molar-refractivity contribution is 5.66. The molecule has 0 N–H and O–H groups in total. The van der Waals surface area contributed by atoms with Gasteiger partial charge in [0.1, 0.15) is 30.0 Å². The lowest BCUT2D eigenvalue weighted by atomic mass is 10.0. The van der Waals surface area contributed by atoms with Gasteiger partial charge >= 0.3 is 0 Å². The highest BCUT2D eigenvalue weighted by Crippen LogP contribution is 2.45. The maximum Gasteiger partial charge on any atom is 0.261 e. The maximum absolute atomic E-state index is 14.7. The van der Waals surface area contributed by atoms with Crippen molar-refractivity contribution in [1.29, 1.82) is 0 Å². The number of rotatable bonds is 9. The van der Waals surface area contributed by atoms with Crippen LogP contribution in [0.15, 0.2) is 30.4 Å². The highest BCUT2D eigenvalue weighted by Gasteiger charge is 2.31. The Balaban J connectivity index is 1.62. The first-order chi connectivity index (χ1) is 16.5. The molecule has 0 aromatic carbocycles. The summed E-state index contributed by atoms with van der Waals surface area (Å²) in [6.07, 6.45) is 7.57. The summed E-state index contributed by atoms with van der Waals surface area (Å²) in [5, 5.41) is 0. The van der Waals surface area contributed by atoms with Crippen LogP contribution < -0.4 is 14.2 Å². The molecule has 9 heteroatoms. The third kappa shape index (κ3) is 4.83. The van der Waals surface area contributed by atoms with Crippen LogP contribution in [0.25, 0.3) is 17.0 Å². The first kappa shape index (κ1) is 23.5. The second-order valence-electron chi connectivity index (χ2n) is 8.21. The number of aromatic nitrogens is 5. The maximum atomic E-state index is 14.7. The summed E-state index contributed by atoms with van der Waals surface area (Å²) >= 11 is 0. The molecule has 0 unspecified atom stereocenters. The molecule has 0 radical (unpaired) electrons. The smallest absolute Gasteiger partial charge is 0.261 e. The fourth-order valence-electron chi connectivity index (χ4n) is 3.58. The number of ether oxygens (including phenoxy) is 3. The van der Waals surface area contributed by atoms with Crippen LogP contribution in [0.4, 0.5) is 4.39 Å². The molecule has 0 saturated heterocycles. The molecular formula is C25H28FN5O3. The number of methoxy groups -OCH3 is 2. The monoisotopic (exact) mass is 465 g/mol. The van der Waals surface area contributed by atoms with Gasteiger partial charge in [-0.15, -0.1) is 0 Å². The van der Waals surface area contributed by atoms with E-state index in [-0.39, 0.29) is 18.3 Å². The molecule has 34 heavy (non-hydrogen) atoms. The van der Waals surface area contributed by atoms with Crippen molar-refractivity contribution >= 4 is 5.57 Å². The zero-order valence-electron chi connectivity index (χ0n) is 20.1. The third-order valence-corrected chi connectivity index (χ3v) is 5.96. The molecule has 3 aromatic rings. The number of halogens is 1. The quantitative estimate of drug-likeness (QED) is 0.429. The van der Waals surface area contributed by atoms with E-state index < -0.39 is 0 Å². The Kier molecular flexibility index (Phi) is 7.00. The molecule has 1 aliphatic rings. The van der Waals surface area contributed by atoms with Gasteiger partial charge in [-0.1, -0.05) is 12.5 Å². The highest BCUT2D eigenvalue weighted by atomic mass is 19.1. The van der Waals surface area contributed by atoms with Crippen LogP contribution in [0.5, 0.6) is 17.5 Å². The van der Waals surface area contributed by atoms with Gasteiger partial charge in [-0.3, -0.25) is 4.98 Å². The summed E-state index contributed by atoms with van der Waals surface area (Å²) in [7, 11) is 3.06. The van der Waals surface area contributed by atoms with Gasteiger partial charge in [0.2, 0.25) is 5.88 Å².